The second kappa shape index (κ2) is 3.88. The van der Waals surface area contributed by atoms with Crippen molar-refractivity contribution in [3.63, 3.8) is 0 Å². The van der Waals surface area contributed by atoms with Crippen molar-refractivity contribution >= 4 is 11.5 Å². The summed E-state index contributed by atoms with van der Waals surface area (Å²) in [7, 11) is 0. The maximum atomic E-state index is 4.40. The highest BCUT2D eigenvalue weighted by atomic mass is 15.2. The summed E-state index contributed by atoms with van der Waals surface area (Å²) in [5.74, 6) is 1.08. The molecule has 4 nitrogen and oxygen atoms in total. The van der Waals surface area contributed by atoms with Gasteiger partial charge in [-0.05, 0) is 26.3 Å². The summed E-state index contributed by atoms with van der Waals surface area (Å²) in [6.07, 6.45) is 3.02. The predicted octanol–water partition coefficient (Wildman–Crippen LogP) is 1.24. The molecular weight excluding hydrogens is 212 g/mol. The molecule has 0 atom stereocenters. The van der Waals surface area contributed by atoms with Gasteiger partial charge in [-0.25, -0.2) is 4.98 Å². The summed E-state index contributed by atoms with van der Waals surface area (Å²) in [6, 6.07) is 2.16. The van der Waals surface area contributed by atoms with Gasteiger partial charge in [-0.1, -0.05) is 0 Å². The Morgan fingerprint density at radius 1 is 1.35 bits per heavy atom. The molecule has 0 aromatic carbocycles. The fraction of sp³-hybridized carbons (Fsp3) is 0.615. The van der Waals surface area contributed by atoms with Crippen molar-refractivity contribution in [3.8, 4) is 0 Å². The van der Waals surface area contributed by atoms with Crippen LogP contribution in [0, 0.1) is 0 Å². The van der Waals surface area contributed by atoms with E-state index in [0.717, 1.165) is 38.4 Å². The summed E-state index contributed by atoms with van der Waals surface area (Å²) < 4.78 is 0. The maximum Gasteiger partial charge on any atom is 0.131 e. The largest absolute Gasteiger partial charge is 0.369 e. The lowest BCUT2D eigenvalue weighted by Crippen LogP contribution is -2.57. The fourth-order valence-electron chi connectivity index (χ4n) is 2.83. The number of aromatic nitrogens is 1. The minimum absolute atomic E-state index is 0.195. The average Bonchev–Trinajstić information content (AvgIpc) is 2.75. The van der Waals surface area contributed by atoms with E-state index in [-0.39, 0.29) is 5.54 Å². The van der Waals surface area contributed by atoms with Crippen LogP contribution in [0.25, 0.3) is 0 Å². The molecule has 92 valence electrons. The van der Waals surface area contributed by atoms with Gasteiger partial charge < -0.3 is 15.5 Å². The molecule has 0 radical (unpaired) electrons. The molecule has 0 aliphatic carbocycles. The van der Waals surface area contributed by atoms with Crippen LogP contribution in [0.15, 0.2) is 12.3 Å². The van der Waals surface area contributed by atoms with Crippen molar-refractivity contribution in [1.82, 2.24) is 10.3 Å². The van der Waals surface area contributed by atoms with Gasteiger partial charge in [0, 0.05) is 49.2 Å². The van der Waals surface area contributed by atoms with Crippen LogP contribution in [-0.4, -0.2) is 36.7 Å². The minimum Gasteiger partial charge on any atom is -0.369 e. The quantitative estimate of drug-likeness (QED) is 0.764. The Balaban J connectivity index is 1.92. The summed E-state index contributed by atoms with van der Waals surface area (Å²) in [4.78, 5) is 6.89. The first-order chi connectivity index (χ1) is 8.16. The molecule has 0 saturated carbocycles. The summed E-state index contributed by atoms with van der Waals surface area (Å²) in [5, 5.41) is 6.90. The number of nitrogens with one attached hydrogen (secondary N) is 2. The summed E-state index contributed by atoms with van der Waals surface area (Å²) in [5.41, 5.74) is 2.96. The van der Waals surface area contributed by atoms with Gasteiger partial charge in [-0.15, -0.1) is 0 Å². The molecule has 0 bridgehead atoms. The highest BCUT2D eigenvalue weighted by Crippen LogP contribution is 2.31. The highest BCUT2D eigenvalue weighted by molar-refractivity contribution is 5.66. The fourth-order valence-corrected chi connectivity index (χ4v) is 2.83. The van der Waals surface area contributed by atoms with Crippen molar-refractivity contribution in [2.75, 3.05) is 36.4 Å². The van der Waals surface area contributed by atoms with Crippen LogP contribution >= 0.6 is 0 Å². The lowest BCUT2D eigenvalue weighted by molar-refractivity contribution is 0.353. The third kappa shape index (κ3) is 1.97. The third-order valence-electron chi connectivity index (χ3n) is 3.61. The number of hydrogen-bond acceptors (Lipinski definition) is 4. The van der Waals surface area contributed by atoms with E-state index >= 15 is 0 Å². The van der Waals surface area contributed by atoms with Crippen LogP contribution in [0.2, 0.25) is 0 Å². The first-order valence-electron chi connectivity index (χ1n) is 6.37. The first kappa shape index (κ1) is 10.8. The van der Waals surface area contributed by atoms with Crippen LogP contribution in [0.1, 0.15) is 19.4 Å². The Morgan fingerprint density at radius 3 is 3.06 bits per heavy atom. The van der Waals surface area contributed by atoms with Gasteiger partial charge in [0.2, 0.25) is 0 Å². The predicted molar refractivity (Wildman–Crippen MR) is 70.7 cm³/mol. The van der Waals surface area contributed by atoms with Gasteiger partial charge in [0.05, 0.1) is 0 Å². The molecule has 0 unspecified atom stereocenters. The van der Waals surface area contributed by atoms with Gasteiger partial charge in [-0.3, -0.25) is 0 Å². The lowest BCUT2D eigenvalue weighted by atomic mass is 10.0. The molecule has 4 heteroatoms. The normalized spacial score (nSPS) is 22.1. The molecule has 2 aliphatic heterocycles. The molecule has 1 saturated heterocycles. The number of fused-ring (bicyclic) bond motifs is 1. The van der Waals surface area contributed by atoms with Crippen molar-refractivity contribution in [3.05, 3.63) is 17.8 Å². The second-order valence-corrected chi connectivity index (χ2v) is 5.57. The van der Waals surface area contributed by atoms with E-state index in [9.17, 15) is 0 Å². The van der Waals surface area contributed by atoms with Crippen molar-refractivity contribution < 1.29 is 0 Å². The highest BCUT2D eigenvalue weighted by Gasteiger charge is 2.28. The number of nitrogens with zero attached hydrogens (tertiary/aromatic N) is 2. The maximum absolute atomic E-state index is 4.40. The van der Waals surface area contributed by atoms with Gasteiger partial charge in [0.1, 0.15) is 5.82 Å². The Labute approximate surface area is 102 Å². The number of anilines is 2. The van der Waals surface area contributed by atoms with Crippen molar-refractivity contribution in [1.29, 1.82) is 0 Å². The monoisotopic (exact) mass is 232 g/mol. The minimum atomic E-state index is 0.195. The standard InChI is InChI=1S/C13H20N4/c1-13(2)9-17(8-7-16-13)11-4-6-15-12-10(11)3-5-14-12/h4,6,16H,3,5,7-9H2,1-2H3,(H,14,15). The van der Waals surface area contributed by atoms with E-state index in [2.05, 4.69) is 40.4 Å². The Morgan fingerprint density at radius 2 is 2.24 bits per heavy atom. The van der Waals surface area contributed by atoms with Crippen molar-refractivity contribution in [2.45, 2.75) is 25.8 Å². The molecule has 3 heterocycles. The molecule has 1 aromatic rings. The molecule has 3 rings (SSSR count). The van der Waals surface area contributed by atoms with Crippen LogP contribution in [0.5, 0.6) is 0 Å². The Kier molecular flexibility index (Phi) is 2.47. The van der Waals surface area contributed by atoms with E-state index in [4.69, 9.17) is 0 Å². The molecular formula is C13H20N4. The summed E-state index contributed by atoms with van der Waals surface area (Å²) in [6.45, 7) is 8.74. The second-order valence-electron chi connectivity index (χ2n) is 5.57. The van der Waals surface area contributed by atoms with Gasteiger partial charge >= 0.3 is 0 Å². The topological polar surface area (TPSA) is 40.2 Å². The number of hydrogen-bond donors (Lipinski definition) is 2. The number of rotatable bonds is 1. The zero-order valence-electron chi connectivity index (χ0n) is 10.6. The molecule has 17 heavy (non-hydrogen) atoms. The smallest absolute Gasteiger partial charge is 0.131 e. The van der Waals surface area contributed by atoms with Crippen LogP contribution < -0.4 is 15.5 Å². The van der Waals surface area contributed by atoms with E-state index in [1.807, 2.05) is 6.20 Å². The first-order valence-corrected chi connectivity index (χ1v) is 6.37. The van der Waals surface area contributed by atoms with Crippen LogP contribution in [0.3, 0.4) is 0 Å². The van der Waals surface area contributed by atoms with E-state index in [0.29, 0.717) is 0 Å². The molecule has 0 amide bonds. The lowest BCUT2D eigenvalue weighted by Gasteiger charge is -2.41. The molecule has 2 aliphatic rings. The Hall–Kier alpha value is -1.29. The molecule has 2 N–H and O–H groups in total. The number of piperazine rings is 1. The van der Waals surface area contributed by atoms with Gasteiger partial charge in [0.25, 0.3) is 0 Å². The zero-order valence-corrected chi connectivity index (χ0v) is 10.6. The van der Waals surface area contributed by atoms with Gasteiger partial charge in [-0.2, -0.15) is 0 Å². The van der Waals surface area contributed by atoms with E-state index < -0.39 is 0 Å². The van der Waals surface area contributed by atoms with Crippen molar-refractivity contribution in [2.24, 2.45) is 0 Å². The third-order valence-corrected chi connectivity index (χ3v) is 3.61. The Bertz CT molecular complexity index is 427. The SMILES string of the molecule is CC1(C)CN(c2ccnc3c2CCN3)CCN1. The number of pyridine rings is 1. The molecule has 0 spiro atoms. The van der Waals surface area contributed by atoms with E-state index in [1.54, 1.807) is 0 Å². The molecule has 1 aromatic heterocycles. The zero-order chi connectivity index (χ0) is 11.9. The van der Waals surface area contributed by atoms with E-state index in [1.165, 1.54) is 11.3 Å². The summed E-state index contributed by atoms with van der Waals surface area (Å²) >= 11 is 0. The van der Waals surface area contributed by atoms with Gasteiger partial charge in [0.15, 0.2) is 0 Å². The molecule has 1 fully saturated rings. The average molecular weight is 232 g/mol. The van der Waals surface area contributed by atoms with Crippen LogP contribution in [0.4, 0.5) is 11.5 Å². The van der Waals surface area contributed by atoms with Crippen LogP contribution in [-0.2, 0) is 6.42 Å².